The highest BCUT2D eigenvalue weighted by Gasteiger charge is 2.09. The third-order valence-corrected chi connectivity index (χ3v) is 2.72. The molecule has 0 amide bonds. The van der Waals surface area contributed by atoms with Gasteiger partial charge in [0.05, 0.1) is 0 Å². The zero-order valence-electron chi connectivity index (χ0n) is 7.47. The second-order valence-electron chi connectivity index (χ2n) is 3.20. The summed E-state index contributed by atoms with van der Waals surface area (Å²) < 4.78 is 0.913. The normalized spacial score (nSPS) is 10.7. The number of carboxylic acid groups (broad SMARTS) is 1. The summed E-state index contributed by atoms with van der Waals surface area (Å²) in [6, 6.07) is 5.51. The predicted molar refractivity (Wildman–Crippen MR) is 57.7 cm³/mol. The number of fused-ring (bicyclic) bond motifs is 1. The molecule has 14 heavy (non-hydrogen) atoms. The minimum Gasteiger partial charge on any atom is -0.477 e. The molecular weight excluding hydrogens is 246 g/mol. The van der Waals surface area contributed by atoms with Gasteiger partial charge in [-0.2, -0.15) is 0 Å². The number of carbonyl (C=O) groups is 1. The molecule has 0 atom stereocenters. The van der Waals surface area contributed by atoms with Gasteiger partial charge in [-0.15, -0.1) is 0 Å². The lowest BCUT2D eigenvalue weighted by Gasteiger charge is -1.95. The average Bonchev–Trinajstić information content (AvgIpc) is 2.47. The number of carboxylic acids is 1. The first-order chi connectivity index (χ1) is 6.58. The van der Waals surface area contributed by atoms with E-state index >= 15 is 0 Å². The molecule has 0 fully saturated rings. The van der Waals surface area contributed by atoms with Crippen LogP contribution in [0.1, 0.15) is 16.1 Å². The van der Waals surface area contributed by atoms with E-state index in [2.05, 4.69) is 20.9 Å². The largest absolute Gasteiger partial charge is 0.477 e. The number of H-pyrrole nitrogens is 1. The van der Waals surface area contributed by atoms with Crippen LogP contribution >= 0.6 is 15.9 Å². The van der Waals surface area contributed by atoms with Crippen molar-refractivity contribution in [3.05, 3.63) is 33.9 Å². The van der Waals surface area contributed by atoms with Crippen molar-refractivity contribution >= 4 is 32.8 Å². The van der Waals surface area contributed by atoms with E-state index in [1.54, 1.807) is 6.07 Å². The molecule has 0 spiro atoms. The van der Waals surface area contributed by atoms with Gasteiger partial charge in [-0.1, -0.05) is 15.9 Å². The molecular formula is C10H8BrNO2. The molecule has 1 aromatic heterocycles. The van der Waals surface area contributed by atoms with Crippen molar-refractivity contribution in [1.82, 2.24) is 4.98 Å². The summed E-state index contributed by atoms with van der Waals surface area (Å²) in [6.45, 7) is 1.96. The van der Waals surface area contributed by atoms with Crippen molar-refractivity contribution in [1.29, 1.82) is 0 Å². The number of aromatic carboxylic acids is 1. The van der Waals surface area contributed by atoms with Gasteiger partial charge in [0, 0.05) is 15.4 Å². The number of hydrogen-bond donors (Lipinski definition) is 2. The van der Waals surface area contributed by atoms with E-state index in [1.807, 2.05) is 19.1 Å². The van der Waals surface area contributed by atoms with Gasteiger partial charge in [-0.3, -0.25) is 0 Å². The van der Waals surface area contributed by atoms with Gasteiger partial charge >= 0.3 is 5.97 Å². The molecule has 0 radical (unpaired) electrons. The Morgan fingerprint density at radius 3 is 2.79 bits per heavy atom. The zero-order valence-corrected chi connectivity index (χ0v) is 9.05. The smallest absolute Gasteiger partial charge is 0.352 e. The third kappa shape index (κ3) is 1.42. The van der Waals surface area contributed by atoms with Crippen LogP contribution in [-0.2, 0) is 0 Å². The fourth-order valence-corrected chi connectivity index (χ4v) is 2.13. The summed E-state index contributed by atoms with van der Waals surface area (Å²) >= 11 is 3.40. The minimum absolute atomic E-state index is 0.214. The molecule has 0 aliphatic rings. The van der Waals surface area contributed by atoms with Gasteiger partial charge in [0.1, 0.15) is 5.69 Å². The molecule has 2 rings (SSSR count). The Balaban J connectivity index is 2.76. The van der Waals surface area contributed by atoms with E-state index in [-0.39, 0.29) is 5.69 Å². The van der Waals surface area contributed by atoms with Gasteiger partial charge < -0.3 is 10.1 Å². The number of rotatable bonds is 1. The Labute approximate surface area is 88.9 Å². The number of aryl methyl sites for hydroxylation is 1. The summed E-state index contributed by atoms with van der Waals surface area (Å²) in [4.78, 5) is 13.6. The first-order valence-electron chi connectivity index (χ1n) is 4.10. The number of nitrogens with one attached hydrogen (secondary N) is 1. The molecule has 0 saturated heterocycles. The summed E-state index contributed by atoms with van der Waals surface area (Å²) in [7, 11) is 0. The van der Waals surface area contributed by atoms with Crippen LogP contribution in [0.25, 0.3) is 10.9 Å². The molecule has 0 aliphatic carbocycles. The highest BCUT2D eigenvalue weighted by atomic mass is 79.9. The highest BCUT2D eigenvalue weighted by Crippen LogP contribution is 2.26. The van der Waals surface area contributed by atoms with Crippen LogP contribution in [0.5, 0.6) is 0 Å². The quantitative estimate of drug-likeness (QED) is 0.821. The third-order valence-electron chi connectivity index (χ3n) is 2.06. The van der Waals surface area contributed by atoms with E-state index in [4.69, 9.17) is 5.11 Å². The van der Waals surface area contributed by atoms with E-state index in [1.165, 1.54) is 0 Å². The molecule has 0 aliphatic heterocycles. The van der Waals surface area contributed by atoms with E-state index in [0.717, 1.165) is 20.9 Å². The first kappa shape index (κ1) is 9.27. The second-order valence-corrected chi connectivity index (χ2v) is 4.05. The number of benzene rings is 1. The molecule has 2 aromatic rings. The maximum absolute atomic E-state index is 10.7. The van der Waals surface area contributed by atoms with Crippen LogP contribution in [-0.4, -0.2) is 16.1 Å². The second kappa shape index (κ2) is 3.13. The van der Waals surface area contributed by atoms with Gasteiger partial charge in [0.2, 0.25) is 0 Å². The van der Waals surface area contributed by atoms with Crippen LogP contribution in [0, 0.1) is 6.92 Å². The fraction of sp³-hybridized carbons (Fsp3) is 0.100. The fourth-order valence-electron chi connectivity index (χ4n) is 1.44. The molecule has 0 saturated carbocycles. The molecule has 1 aromatic carbocycles. The summed E-state index contributed by atoms with van der Waals surface area (Å²) in [6.07, 6.45) is 0. The Bertz CT molecular complexity index is 516. The molecule has 0 unspecified atom stereocenters. The average molecular weight is 254 g/mol. The molecule has 72 valence electrons. The Morgan fingerprint density at radius 1 is 1.43 bits per heavy atom. The summed E-state index contributed by atoms with van der Waals surface area (Å²) in [5.41, 5.74) is 2.14. The van der Waals surface area contributed by atoms with Crippen molar-refractivity contribution in [3.63, 3.8) is 0 Å². The van der Waals surface area contributed by atoms with Crippen molar-refractivity contribution in [2.45, 2.75) is 6.92 Å². The van der Waals surface area contributed by atoms with E-state index in [0.29, 0.717) is 0 Å². The van der Waals surface area contributed by atoms with Crippen molar-refractivity contribution in [2.24, 2.45) is 0 Å². The van der Waals surface area contributed by atoms with Crippen molar-refractivity contribution in [3.8, 4) is 0 Å². The van der Waals surface area contributed by atoms with Crippen LogP contribution in [0.4, 0.5) is 0 Å². The molecule has 1 heterocycles. The van der Waals surface area contributed by atoms with E-state index in [9.17, 15) is 4.79 Å². The molecule has 0 bridgehead atoms. The topological polar surface area (TPSA) is 53.1 Å². The van der Waals surface area contributed by atoms with E-state index < -0.39 is 5.97 Å². The van der Waals surface area contributed by atoms with Gasteiger partial charge in [-0.25, -0.2) is 4.79 Å². The number of halogens is 1. The summed E-state index contributed by atoms with van der Waals surface area (Å²) in [5.74, 6) is -0.939. The Kier molecular flexibility index (Phi) is 2.07. The Morgan fingerprint density at radius 2 is 2.14 bits per heavy atom. The van der Waals surface area contributed by atoms with Gasteiger partial charge in [0.15, 0.2) is 0 Å². The van der Waals surface area contributed by atoms with Crippen LogP contribution in [0.2, 0.25) is 0 Å². The van der Waals surface area contributed by atoms with Crippen molar-refractivity contribution < 1.29 is 9.90 Å². The predicted octanol–water partition coefficient (Wildman–Crippen LogP) is 2.94. The lowest BCUT2D eigenvalue weighted by Crippen LogP contribution is -1.94. The molecule has 4 heteroatoms. The number of aromatic nitrogens is 1. The van der Waals surface area contributed by atoms with Gasteiger partial charge in [-0.05, 0) is 30.7 Å². The zero-order chi connectivity index (χ0) is 10.3. The first-order valence-corrected chi connectivity index (χ1v) is 4.89. The lowest BCUT2D eigenvalue weighted by molar-refractivity contribution is 0.0691. The van der Waals surface area contributed by atoms with Crippen LogP contribution < -0.4 is 0 Å². The monoisotopic (exact) mass is 253 g/mol. The standard InChI is InChI=1S/C10H8BrNO2/c1-5-2-7(11)6-4-9(10(13)14)12-8(6)3-5/h2-4,12H,1H3,(H,13,14). The van der Waals surface area contributed by atoms with Crippen molar-refractivity contribution in [2.75, 3.05) is 0 Å². The maximum atomic E-state index is 10.7. The van der Waals surface area contributed by atoms with Gasteiger partial charge in [0.25, 0.3) is 0 Å². The SMILES string of the molecule is Cc1cc(Br)c2cc(C(=O)O)[nH]c2c1. The molecule has 3 nitrogen and oxygen atoms in total. The minimum atomic E-state index is -0.939. The van der Waals surface area contributed by atoms with Crippen LogP contribution in [0.3, 0.4) is 0 Å². The van der Waals surface area contributed by atoms with Crippen LogP contribution in [0.15, 0.2) is 22.7 Å². The highest BCUT2D eigenvalue weighted by molar-refractivity contribution is 9.10. The maximum Gasteiger partial charge on any atom is 0.352 e. The summed E-state index contributed by atoms with van der Waals surface area (Å²) in [5, 5.41) is 9.70. The number of hydrogen-bond acceptors (Lipinski definition) is 1. The number of aromatic amines is 1. The molecule has 2 N–H and O–H groups in total. The lowest BCUT2D eigenvalue weighted by atomic mass is 10.2. The Hall–Kier alpha value is -1.29.